The monoisotopic (exact) mass is 708 g/mol. The summed E-state index contributed by atoms with van der Waals surface area (Å²) in [6, 6.07) is 3.37. The number of halogens is 7. The number of alkyl halides is 6. The van der Waals surface area contributed by atoms with Crippen molar-refractivity contribution in [1.82, 2.24) is 14.9 Å². The first-order chi connectivity index (χ1) is 22.4. The van der Waals surface area contributed by atoms with Crippen molar-refractivity contribution < 1.29 is 58.6 Å². The van der Waals surface area contributed by atoms with Gasteiger partial charge < -0.3 is 25.8 Å². The van der Waals surface area contributed by atoms with E-state index < -0.39 is 81.1 Å². The van der Waals surface area contributed by atoms with Gasteiger partial charge in [-0.15, -0.1) is 0 Å². The van der Waals surface area contributed by atoms with Crippen LogP contribution in [0.15, 0.2) is 52.9 Å². The van der Waals surface area contributed by atoms with Gasteiger partial charge in [0.05, 0.1) is 35.7 Å². The number of carbonyl (C=O) groups is 2. The largest absolute Gasteiger partial charge is 0.496 e. The van der Waals surface area contributed by atoms with Crippen LogP contribution in [0.5, 0.6) is 5.75 Å². The fraction of sp³-hybridized carbons (Fsp3) is 0.467. The zero-order valence-electron chi connectivity index (χ0n) is 25.2. The van der Waals surface area contributed by atoms with E-state index in [0.29, 0.717) is 12.1 Å². The molecular formula is C30H31F7N4O6S. The predicted octanol–water partition coefficient (Wildman–Crippen LogP) is 3.69. The van der Waals surface area contributed by atoms with Gasteiger partial charge in [0, 0.05) is 49.4 Å². The fourth-order valence-electron chi connectivity index (χ4n) is 6.77. The third-order valence-electron chi connectivity index (χ3n) is 8.86. The standard InChI is InChI=1S/C30H31F7N4O6S/c1-47-24-7-3-17(48(45,46)41-9-8-38-16(13-41)14-42)11-20(24)27(43)40-26-19-5-4-18(21(19)12-29(32,33)34)25(26)28(44)39-15-2-6-23(31)22(10-15)30(35,36)37/h2-3,6-7,10-12,16,18-19,25-26,38,42H,4-5,8-9,13-14H2,1H3,(H,39,44)(H,40,43)/b21-12-/t16-,18-,19+,25-,26+/m0/s1. The van der Waals surface area contributed by atoms with Crippen LogP contribution < -0.4 is 20.7 Å². The summed E-state index contributed by atoms with van der Waals surface area (Å²) in [7, 11) is -2.98. The number of aliphatic hydroxyl groups excluding tert-OH is 1. The quantitative estimate of drug-likeness (QED) is 0.243. The van der Waals surface area contributed by atoms with Crippen LogP contribution in [0.2, 0.25) is 0 Å². The van der Waals surface area contributed by atoms with Crippen molar-refractivity contribution in [2.75, 3.05) is 38.7 Å². The van der Waals surface area contributed by atoms with Gasteiger partial charge in [-0.1, -0.05) is 5.57 Å². The van der Waals surface area contributed by atoms with Crippen LogP contribution in [0.1, 0.15) is 28.8 Å². The summed E-state index contributed by atoms with van der Waals surface area (Å²) in [6.07, 6.45) is -9.55. The molecule has 0 spiro atoms. The summed E-state index contributed by atoms with van der Waals surface area (Å²) in [6.45, 7) is -0.0524. The summed E-state index contributed by atoms with van der Waals surface area (Å²) in [5, 5.41) is 17.3. The molecule has 2 saturated carbocycles. The van der Waals surface area contributed by atoms with Crippen LogP contribution in [-0.4, -0.2) is 81.3 Å². The number of benzene rings is 2. The summed E-state index contributed by atoms with van der Waals surface area (Å²) < 4.78 is 128. The highest BCUT2D eigenvalue weighted by molar-refractivity contribution is 7.89. The lowest BCUT2D eigenvalue weighted by atomic mass is 9.83. The van der Waals surface area contributed by atoms with E-state index >= 15 is 0 Å². The lowest BCUT2D eigenvalue weighted by Crippen LogP contribution is -2.53. The van der Waals surface area contributed by atoms with E-state index in [1.54, 1.807) is 0 Å². The number of allylic oxidation sites excluding steroid dienone is 1. The third kappa shape index (κ3) is 7.16. The molecule has 48 heavy (non-hydrogen) atoms. The van der Waals surface area contributed by atoms with Gasteiger partial charge in [-0.3, -0.25) is 9.59 Å². The Morgan fingerprint density at radius 3 is 2.44 bits per heavy atom. The molecule has 18 heteroatoms. The normalized spacial score (nSPS) is 25.7. The summed E-state index contributed by atoms with van der Waals surface area (Å²) in [4.78, 5) is 27.0. The van der Waals surface area contributed by atoms with Crippen LogP contribution in [0.4, 0.5) is 36.4 Å². The molecule has 5 rings (SSSR count). The van der Waals surface area contributed by atoms with Gasteiger partial charge in [0.1, 0.15) is 11.6 Å². The first-order valence-corrected chi connectivity index (χ1v) is 16.2. The minimum atomic E-state index is -5.09. The molecular weight excluding hydrogens is 677 g/mol. The summed E-state index contributed by atoms with van der Waals surface area (Å²) >= 11 is 0. The number of methoxy groups -OCH3 is 1. The Morgan fingerprint density at radius 1 is 1.08 bits per heavy atom. The van der Waals surface area contributed by atoms with E-state index in [2.05, 4.69) is 16.0 Å². The van der Waals surface area contributed by atoms with Gasteiger partial charge in [-0.25, -0.2) is 12.8 Å². The fourth-order valence-corrected chi connectivity index (χ4v) is 8.28. The second-order valence-corrected chi connectivity index (χ2v) is 13.7. The molecule has 5 atom stereocenters. The molecule has 3 aliphatic rings. The minimum Gasteiger partial charge on any atom is -0.496 e. The molecule has 1 heterocycles. The van der Waals surface area contributed by atoms with E-state index in [0.717, 1.165) is 16.4 Å². The maximum atomic E-state index is 13.8. The van der Waals surface area contributed by atoms with Crippen LogP contribution in [0, 0.1) is 23.6 Å². The number of fused-ring (bicyclic) bond motifs is 2. The van der Waals surface area contributed by atoms with Crippen molar-refractivity contribution in [2.45, 2.75) is 42.2 Å². The second kappa shape index (κ2) is 13.3. The maximum absolute atomic E-state index is 13.8. The molecule has 262 valence electrons. The molecule has 0 unspecified atom stereocenters. The highest BCUT2D eigenvalue weighted by atomic mass is 32.2. The van der Waals surface area contributed by atoms with Crippen molar-refractivity contribution in [3.8, 4) is 5.75 Å². The molecule has 0 radical (unpaired) electrons. The van der Waals surface area contributed by atoms with Gasteiger partial charge in [-0.05, 0) is 55.2 Å². The number of hydrogen-bond donors (Lipinski definition) is 4. The molecule has 2 bridgehead atoms. The lowest BCUT2D eigenvalue weighted by Gasteiger charge is -2.32. The minimum absolute atomic E-state index is 0.0544. The molecule has 1 saturated heterocycles. The van der Waals surface area contributed by atoms with Gasteiger partial charge in [0.2, 0.25) is 15.9 Å². The second-order valence-electron chi connectivity index (χ2n) is 11.7. The van der Waals surface area contributed by atoms with Crippen molar-refractivity contribution >= 4 is 27.5 Å². The number of aliphatic hydroxyl groups is 1. The van der Waals surface area contributed by atoms with E-state index in [9.17, 15) is 53.8 Å². The highest BCUT2D eigenvalue weighted by Crippen LogP contribution is 2.54. The van der Waals surface area contributed by atoms with Crippen molar-refractivity contribution in [3.63, 3.8) is 0 Å². The van der Waals surface area contributed by atoms with Gasteiger partial charge >= 0.3 is 12.4 Å². The number of ether oxygens (including phenoxy) is 1. The number of amides is 2. The van der Waals surface area contributed by atoms with Gasteiger partial charge in [0.15, 0.2) is 0 Å². The zero-order chi connectivity index (χ0) is 35.2. The zero-order valence-corrected chi connectivity index (χ0v) is 26.0. The smallest absolute Gasteiger partial charge is 0.419 e. The Kier molecular flexibility index (Phi) is 9.84. The molecule has 10 nitrogen and oxygen atoms in total. The van der Waals surface area contributed by atoms with Gasteiger partial charge in [-0.2, -0.15) is 30.6 Å². The van der Waals surface area contributed by atoms with Crippen LogP contribution >= 0.6 is 0 Å². The molecule has 2 aromatic rings. The number of sulfonamides is 1. The number of hydrogen-bond acceptors (Lipinski definition) is 7. The molecule has 2 aliphatic carbocycles. The molecule has 3 fully saturated rings. The average molecular weight is 709 g/mol. The SMILES string of the molecule is COc1ccc(S(=O)(=O)N2CCN[C@H](CO)C2)cc1C(=O)N[C@H]1[C@@H](C(=O)Nc2ccc(F)c(C(F)(F)F)c2)[C@H]2CC[C@@H]1/C2=C\C(F)(F)F. The van der Waals surface area contributed by atoms with E-state index in [4.69, 9.17) is 4.74 Å². The number of nitrogens with zero attached hydrogens (tertiary/aromatic N) is 1. The summed E-state index contributed by atoms with van der Waals surface area (Å²) in [5.74, 6) is -7.05. The van der Waals surface area contributed by atoms with Crippen LogP contribution in [0.3, 0.4) is 0 Å². The lowest BCUT2D eigenvalue weighted by molar-refractivity contribution is -0.140. The topological polar surface area (TPSA) is 137 Å². The Hall–Kier alpha value is -3.74. The molecule has 4 N–H and O–H groups in total. The van der Waals surface area contributed by atoms with Crippen molar-refractivity contribution in [2.24, 2.45) is 17.8 Å². The Morgan fingerprint density at radius 2 is 1.79 bits per heavy atom. The Balaban J connectivity index is 1.47. The van der Waals surface area contributed by atoms with E-state index in [-0.39, 0.29) is 66.9 Å². The van der Waals surface area contributed by atoms with Gasteiger partial charge in [0.25, 0.3) is 5.91 Å². The first-order valence-electron chi connectivity index (χ1n) is 14.7. The van der Waals surface area contributed by atoms with Crippen LogP contribution in [-0.2, 0) is 21.0 Å². The van der Waals surface area contributed by atoms with Crippen molar-refractivity contribution in [3.05, 3.63) is 65.0 Å². The number of rotatable bonds is 8. The predicted molar refractivity (Wildman–Crippen MR) is 156 cm³/mol. The third-order valence-corrected chi connectivity index (χ3v) is 10.7. The number of carbonyl (C=O) groups excluding carboxylic acids is 2. The average Bonchev–Trinajstić information content (AvgIpc) is 3.53. The Labute approximate surface area is 270 Å². The molecule has 0 aromatic heterocycles. The molecule has 2 amide bonds. The summed E-state index contributed by atoms with van der Waals surface area (Å²) in [5.41, 5.74) is -2.59. The van der Waals surface area contributed by atoms with Crippen molar-refractivity contribution in [1.29, 1.82) is 0 Å². The maximum Gasteiger partial charge on any atom is 0.419 e. The Bertz CT molecular complexity index is 1720. The number of nitrogens with one attached hydrogen (secondary N) is 3. The van der Waals surface area contributed by atoms with E-state index in [1.807, 2.05) is 0 Å². The number of piperazine rings is 1. The first kappa shape index (κ1) is 35.6. The molecule has 1 aliphatic heterocycles. The van der Waals surface area contributed by atoms with Crippen LogP contribution in [0.25, 0.3) is 0 Å². The molecule has 2 aromatic carbocycles. The van der Waals surface area contributed by atoms with E-state index in [1.165, 1.54) is 19.2 Å². The number of anilines is 1. The highest BCUT2D eigenvalue weighted by Gasteiger charge is 2.56.